The summed E-state index contributed by atoms with van der Waals surface area (Å²) in [7, 11) is 3.14. The number of carbonyl (C=O) groups is 1. The topological polar surface area (TPSA) is 72.0 Å². The number of nitrogens with zero attached hydrogens (tertiary/aromatic N) is 1. The average molecular weight is 327 g/mol. The van der Waals surface area contributed by atoms with Gasteiger partial charge in [-0.25, -0.2) is 5.43 Å². The summed E-state index contributed by atoms with van der Waals surface area (Å²) in [6, 6.07) is 13.2. The fraction of sp³-hybridized carbons (Fsp3) is 0.222. The van der Waals surface area contributed by atoms with Gasteiger partial charge in [0.25, 0.3) is 5.91 Å². The highest BCUT2D eigenvalue weighted by molar-refractivity contribution is 5.84. The van der Waals surface area contributed by atoms with Crippen molar-refractivity contribution < 1.29 is 14.3 Å². The minimum Gasteiger partial charge on any atom is -0.493 e. The molecule has 1 amide bonds. The van der Waals surface area contributed by atoms with Gasteiger partial charge in [0.05, 0.1) is 27.0 Å². The summed E-state index contributed by atoms with van der Waals surface area (Å²) in [5, 5.41) is 6.99. The molecule has 2 rings (SSSR count). The molecule has 126 valence electrons. The second kappa shape index (κ2) is 8.57. The first-order valence-electron chi connectivity index (χ1n) is 7.47. The molecule has 0 aliphatic heterocycles. The van der Waals surface area contributed by atoms with Crippen LogP contribution in [0.25, 0.3) is 0 Å². The first-order valence-corrected chi connectivity index (χ1v) is 7.47. The number of hydrogen-bond donors (Lipinski definition) is 2. The van der Waals surface area contributed by atoms with Crippen LogP contribution in [0.3, 0.4) is 0 Å². The van der Waals surface area contributed by atoms with Gasteiger partial charge in [-0.1, -0.05) is 12.1 Å². The molecule has 2 N–H and O–H groups in total. The normalized spacial score (nSPS) is 10.5. The number of nitrogens with one attached hydrogen (secondary N) is 2. The lowest BCUT2D eigenvalue weighted by Gasteiger charge is -2.07. The van der Waals surface area contributed by atoms with Crippen molar-refractivity contribution in [2.75, 3.05) is 26.1 Å². The van der Waals surface area contributed by atoms with Crippen molar-refractivity contribution in [3.05, 3.63) is 53.6 Å². The first kappa shape index (κ1) is 17.3. The van der Waals surface area contributed by atoms with Crippen LogP contribution in [0.4, 0.5) is 5.69 Å². The minimum absolute atomic E-state index is 0.146. The van der Waals surface area contributed by atoms with Gasteiger partial charge in [0.1, 0.15) is 0 Å². The van der Waals surface area contributed by atoms with Crippen molar-refractivity contribution in [2.24, 2.45) is 5.10 Å². The van der Waals surface area contributed by atoms with E-state index < -0.39 is 0 Å². The van der Waals surface area contributed by atoms with Crippen LogP contribution >= 0.6 is 0 Å². The molecule has 2 aromatic rings. The van der Waals surface area contributed by atoms with Crippen LogP contribution in [0.2, 0.25) is 0 Å². The summed E-state index contributed by atoms with van der Waals surface area (Å²) in [6.07, 6.45) is 1.55. The molecule has 6 heteroatoms. The van der Waals surface area contributed by atoms with Crippen LogP contribution < -0.4 is 20.2 Å². The van der Waals surface area contributed by atoms with Gasteiger partial charge in [0.2, 0.25) is 0 Å². The Morgan fingerprint density at radius 3 is 2.62 bits per heavy atom. The summed E-state index contributed by atoms with van der Waals surface area (Å²) in [4.78, 5) is 11.8. The molecule has 0 saturated carbocycles. The molecule has 0 spiro atoms. The Morgan fingerprint density at radius 2 is 1.92 bits per heavy atom. The molecular weight excluding hydrogens is 306 g/mol. The van der Waals surface area contributed by atoms with Crippen molar-refractivity contribution in [1.82, 2.24) is 5.43 Å². The zero-order valence-electron chi connectivity index (χ0n) is 14.0. The van der Waals surface area contributed by atoms with E-state index in [2.05, 4.69) is 15.8 Å². The number of rotatable bonds is 7. The Hall–Kier alpha value is -3.02. The molecule has 2 aromatic carbocycles. The van der Waals surface area contributed by atoms with Crippen molar-refractivity contribution in [2.45, 2.75) is 6.92 Å². The molecular formula is C18H21N3O3. The Bertz CT molecular complexity index is 729. The van der Waals surface area contributed by atoms with E-state index in [9.17, 15) is 4.79 Å². The van der Waals surface area contributed by atoms with Gasteiger partial charge in [0, 0.05) is 5.69 Å². The largest absolute Gasteiger partial charge is 0.493 e. The summed E-state index contributed by atoms with van der Waals surface area (Å²) >= 11 is 0. The third-order valence-corrected chi connectivity index (χ3v) is 3.28. The lowest BCUT2D eigenvalue weighted by Crippen LogP contribution is -2.25. The molecule has 0 atom stereocenters. The van der Waals surface area contributed by atoms with Crippen LogP contribution in [0.1, 0.15) is 11.1 Å². The molecule has 6 nitrogen and oxygen atoms in total. The summed E-state index contributed by atoms with van der Waals surface area (Å²) < 4.78 is 10.4. The molecule has 0 aliphatic carbocycles. The third-order valence-electron chi connectivity index (χ3n) is 3.28. The summed E-state index contributed by atoms with van der Waals surface area (Å²) in [5.41, 5.74) is 5.30. The molecule has 0 aliphatic rings. The highest BCUT2D eigenvalue weighted by Crippen LogP contribution is 2.26. The van der Waals surface area contributed by atoms with E-state index in [-0.39, 0.29) is 12.5 Å². The van der Waals surface area contributed by atoms with Crippen LogP contribution in [0, 0.1) is 6.92 Å². The van der Waals surface area contributed by atoms with Crippen LogP contribution in [0.5, 0.6) is 11.5 Å². The van der Waals surface area contributed by atoms with E-state index in [1.54, 1.807) is 32.6 Å². The van der Waals surface area contributed by atoms with E-state index in [1.807, 2.05) is 37.3 Å². The van der Waals surface area contributed by atoms with Crippen LogP contribution in [0.15, 0.2) is 47.6 Å². The Balaban J connectivity index is 1.86. The number of methoxy groups -OCH3 is 2. The van der Waals surface area contributed by atoms with Gasteiger partial charge >= 0.3 is 0 Å². The highest BCUT2D eigenvalue weighted by Gasteiger charge is 2.03. The van der Waals surface area contributed by atoms with Crippen LogP contribution in [-0.2, 0) is 4.79 Å². The average Bonchev–Trinajstić information content (AvgIpc) is 2.60. The number of carbonyl (C=O) groups excluding carboxylic acids is 1. The second-order valence-corrected chi connectivity index (χ2v) is 5.13. The zero-order chi connectivity index (χ0) is 17.4. The molecule has 0 aromatic heterocycles. The van der Waals surface area contributed by atoms with Crippen LogP contribution in [-0.4, -0.2) is 32.9 Å². The van der Waals surface area contributed by atoms with E-state index >= 15 is 0 Å². The number of amides is 1. The summed E-state index contributed by atoms with van der Waals surface area (Å²) in [5.74, 6) is 1.02. The van der Waals surface area contributed by atoms with Gasteiger partial charge in [0.15, 0.2) is 11.5 Å². The lowest BCUT2D eigenvalue weighted by atomic mass is 10.2. The van der Waals surface area contributed by atoms with Crippen molar-refractivity contribution >= 4 is 17.8 Å². The molecule has 0 radical (unpaired) electrons. The van der Waals surface area contributed by atoms with Gasteiger partial charge in [-0.2, -0.15) is 5.10 Å². The lowest BCUT2D eigenvalue weighted by molar-refractivity contribution is -0.119. The quantitative estimate of drug-likeness (QED) is 0.606. The molecule has 24 heavy (non-hydrogen) atoms. The van der Waals surface area contributed by atoms with Gasteiger partial charge < -0.3 is 14.8 Å². The number of ether oxygens (including phenoxy) is 2. The van der Waals surface area contributed by atoms with Crippen molar-refractivity contribution in [3.8, 4) is 11.5 Å². The number of aryl methyl sites for hydroxylation is 1. The SMILES string of the molecule is COc1ccc(/C=N\NC(=O)CNc2cccc(C)c2)cc1OC. The zero-order valence-corrected chi connectivity index (χ0v) is 14.0. The standard InChI is InChI=1S/C18H21N3O3/c1-13-5-4-6-15(9-13)19-12-18(22)21-20-11-14-7-8-16(23-2)17(10-14)24-3/h4-11,19H,12H2,1-3H3,(H,21,22)/b20-11-. The number of hydrazone groups is 1. The number of hydrogen-bond acceptors (Lipinski definition) is 5. The minimum atomic E-state index is -0.228. The Labute approximate surface area is 141 Å². The molecule has 0 saturated heterocycles. The maximum Gasteiger partial charge on any atom is 0.259 e. The smallest absolute Gasteiger partial charge is 0.259 e. The maximum absolute atomic E-state index is 11.8. The van der Waals surface area contributed by atoms with E-state index in [1.165, 1.54) is 0 Å². The third kappa shape index (κ3) is 5.01. The molecule has 0 fully saturated rings. The fourth-order valence-electron chi connectivity index (χ4n) is 2.09. The predicted octanol–water partition coefficient (Wildman–Crippen LogP) is 2.57. The molecule has 0 bridgehead atoms. The van der Waals surface area contributed by atoms with Gasteiger partial charge in [-0.05, 0) is 48.4 Å². The number of benzene rings is 2. The molecule has 0 unspecified atom stereocenters. The predicted molar refractivity (Wildman–Crippen MR) is 95.0 cm³/mol. The second-order valence-electron chi connectivity index (χ2n) is 5.13. The Kier molecular flexibility index (Phi) is 6.19. The number of anilines is 1. The maximum atomic E-state index is 11.8. The van der Waals surface area contributed by atoms with Gasteiger partial charge in [-0.15, -0.1) is 0 Å². The summed E-state index contributed by atoms with van der Waals surface area (Å²) in [6.45, 7) is 2.14. The molecule has 0 heterocycles. The van der Waals surface area contributed by atoms with Crippen molar-refractivity contribution in [1.29, 1.82) is 0 Å². The van der Waals surface area contributed by atoms with E-state index in [4.69, 9.17) is 9.47 Å². The first-order chi connectivity index (χ1) is 11.6. The van der Waals surface area contributed by atoms with E-state index in [0.29, 0.717) is 11.5 Å². The van der Waals surface area contributed by atoms with Crippen molar-refractivity contribution in [3.63, 3.8) is 0 Å². The van der Waals surface area contributed by atoms with E-state index in [0.717, 1.165) is 16.8 Å². The monoisotopic (exact) mass is 327 g/mol. The Morgan fingerprint density at radius 1 is 1.12 bits per heavy atom. The fourth-order valence-corrected chi connectivity index (χ4v) is 2.09. The highest BCUT2D eigenvalue weighted by atomic mass is 16.5. The van der Waals surface area contributed by atoms with Gasteiger partial charge in [-0.3, -0.25) is 4.79 Å².